The number of hydrogen-bond donors (Lipinski definition) is 0. The molecule has 0 fully saturated rings. The van der Waals surface area contributed by atoms with Gasteiger partial charge in [-0.2, -0.15) is 13.2 Å². The van der Waals surface area contributed by atoms with Gasteiger partial charge >= 0.3 is 6.18 Å². The smallest absolute Gasteiger partial charge is 0.291 e. The van der Waals surface area contributed by atoms with Crippen molar-refractivity contribution in [3.05, 3.63) is 6.42 Å². The molecule has 1 nitrogen and oxygen atoms in total. The lowest BCUT2D eigenvalue weighted by Gasteiger charge is -1.99. The third kappa shape index (κ3) is 5.46. The quantitative estimate of drug-likeness (QED) is 0.541. The van der Waals surface area contributed by atoms with Crippen molar-refractivity contribution in [2.45, 2.75) is 12.6 Å². The van der Waals surface area contributed by atoms with Crippen molar-refractivity contribution in [3.63, 3.8) is 0 Å². The Morgan fingerprint density at radius 3 is 2.12 bits per heavy atom. The number of halogens is 3. The van der Waals surface area contributed by atoms with Crippen LogP contribution >= 0.6 is 0 Å². The number of carbonyl (C=O) groups excluding carboxylic acids is 1. The molecule has 0 unspecified atom stereocenters. The first kappa shape index (κ1) is 7.46. The fraction of sp³-hybridized carbons (Fsp3) is 0.500. The molecule has 0 saturated carbocycles. The van der Waals surface area contributed by atoms with Gasteiger partial charge in [-0.1, -0.05) is 0 Å². The van der Waals surface area contributed by atoms with Gasteiger partial charge in [0.05, 0.1) is 6.42 Å². The van der Waals surface area contributed by atoms with E-state index in [1.807, 2.05) is 0 Å². The van der Waals surface area contributed by atoms with E-state index in [2.05, 4.69) is 0 Å². The SMILES string of the molecule is O=[C][CH]CC(F)(F)F. The van der Waals surface area contributed by atoms with Crippen LogP contribution in [0.2, 0.25) is 0 Å². The first-order chi connectivity index (χ1) is 3.56. The molecule has 0 saturated heterocycles. The average molecular weight is 124 g/mol. The van der Waals surface area contributed by atoms with Crippen LogP contribution in [-0.2, 0) is 4.79 Å². The summed E-state index contributed by atoms with van der Waals surface area (Å²) in [4.78, 5) is 9.17. The van der Waals surface area contributed by atoms with E-state index in [0.717, 1.165) is 6.29 Å². The van der Waals surface area contributed by atoms with Crippen LogP contribution in [0.15, 0.2) is 0 Å². The Hall–Kier alpha value is -0.540. The van der Waals surface area contributed by atoms with Crippen LogP contribution in [0.25, 0.3) is 0 Å². The molecule has 0 aromatic rings. The predicted octanol–water partition coefficient (Wildman–Crippen LogP) is 1.25. The standard InChI is InChI=1S/C4H3F3O/c5-4(6,7)2-1-3-8/h1H,2H2. The van der Waals surface area contributed by atoms with Gasteiger partial charge in [-0.05, 0) is 0 Å². The van der Waals surface area contributed by atoms with Gasteiger partial charge in [0.15, 0.2) is 0 Å². The van der Waals surface area contributed by atoms with Crippen LogP contribution in [0.3, 0.4) is 0 Å². The maximum atomic E-state index is 11.0. The molecule has 0 heterocycles. The van der Waals surface area contributed by atoms with E-state index in [4.69, 9.17) is 0 Å². The van der Waals surface area contributed by atoms with Gasteiger partial charge in [-0.15, -0.1) is 0 Å². The fourth-order valence-electron chi connectivity index (χ4n) is 0.157. The highest BCUT2D eigenvalue weighted by molar-refractivity contribution is 5.61. The molecule has 0 rings (SSSR count). The maximum absolute atomic E-state index is 11.0. The molecule has 0 aromatic heterocycles. The number of hydrogen-bond acceptors (Lipinski definition) is 1. The summed E-state index contributed by atoms with van der Waals surface area (Å²) in [5.41, 5.74) is 0. The molecule has 0 aliphatic heterocycles. The first-order valence-electron chi connectivity index (χ1n) is 1.82. The highest BCUT2D eigenvalue weighted by atomic mass is 19.4. The summed E-state index contributed by atoms with van der Waals surface area (Å²) in [6.45, 7) is 0. The molecule has 0 N–H and O–H groups in total. The van der Waals surface area contributed by atoms with Crippen molar-refractivity contribution in [1.82, 2.24) is 0 Å². The summed E-state index contributed by atoms with van der Waals surface area (Å²) in [7, 11) is 0. The molecular weight excluding hydrogens is 121 g/mol. The summed E-state index contributed by atoms with van der Waals surface area (Å²) < 4.78 is 33.1. The molecule has 46 valence electrons. The molecule has 8 heavy (non-hydrogen) atoms. The molecule has 0 atom stereocenters. The second-order valence-corrected chi connectivity index (χ2v) is 1.14. The Labute approximate surface area is 44.5 Å². The van der Waals surface area contributed by atoms with Crippen LogP contribution in [0, 0.1) is 6.42 Å². The lowest BCUT2D eigenvalue weighted by molar-refractivity contribution is -0.126. The Balaban J connectivity index is 3.24. The van der Waals surface area contributed by atoms with Crippen LogP contribution in [0.4, 0.5) is 13.2 Å². The minimum Gasteiger partial charge on any atom is -0.291 e. The molecular formula is C4H3F3O. The zero-order valence-electron chi connectivity index (χ0n) is 3.83. The molecule has 0 aliphatic rings. The molecule has 0 aliphatic carbocycles. The van der Waals surface area contributed by atoms with E-state index in [1.54, 1.807) is 0 Å². The number of rotatable bonds is 2. The van der Waals surface area contributed by atoms with Crippen molar-refractivity contribution in [2.75, 3.05) is 0 Å². The average Bonchev–Trinajstić information content (AvgIpc) is 1.59. The number of alkyl halides is 3. The first-order valence-corrected chi connectivity index (χ1v) is 1.82. The van der Waals surface area contributed by atoms with Gasteiger partial charge < -0.3 is 0 Å². The normalized spacial score (nSPS) is 11.4. The molecule has 0 amide bonds. The lowest BCUT2D eigenvalue weighted by Crippen LogP contribution is -2.06. The van der Waals surface area contributed by atoms with Gasteiger partial charge in [-0.25, -0.2) is 0 Å². The molecule has 4 heteroatoms. The van der Waals surface area contributed by atoms with Crippen molar-refractivity contribution in [3.8, 4) is 0 Å². The molecule has 0 aromatic carbocycles. The van der Waals surface area contributed by atoms with E-state index >= 15 is 0 Å². The summed E-state index contributed by atoms with van der Waals surface area (Å²) in [5.74, 6) is 0. The largest absolute Gasteiger partial charge is 0.389 e. The summed E-state index contributed by atoms with van der Waals surface area (Å²) >= 11 is 0. The minimum atomic E-state index is -4.27. The van der Waals surface area contributed by atoms with Crippen LogP contribution in [0.1, 0.15) is 6.42 Å². The fourth-order valence-corrected chi connectivity index (χ4v) is 0.157. The topological polar surface area (TPSA) is 17.1 Å². The molecule has 0 bridgehead atoms. The monoisotopic (exact) mass is 124 g/mol. The van der Waals surface area contributed by atoms with Gasteiger partial charge in [-0.3, -0.25) is 4.79 Å². The van der Waals surface area contributed by atoms with E-state index in [-0.39, 0.29) is 0 Å². The van der Waals surface area contributed by atoms with E-state index < -0.39 is 12.6 Å². The van der Waals surface area contributed by atoms with Crippen molar-refractivity contribution in [2.24, 2.45) is 0 Å². The van der Waals surface area contributed by atoms with Gasteiger partial charge in [0.25, 0.3) is 0 Å². The molecule has 0 spiro atoms. The Morgan fingerprint density at radius 1 is 1.50 bits per heavy atom. The molecule has 2 radical (unpaired) electrons. The zero-order valence-corrected chi connectivity index (χ0v) is 3.83. The Morgan fingerprint density at radius 2 is 2.00 bits per heavy atom. The van der Waals surface area contributed by atoms with E-state index in [0.29, 0.717) is 6.42 Å². The second-order valence-electron chi connectivity index (χ2n) is 1.14. The van der Waals surface area contributed by atoms with Gasteiger partial charge in [0, 0.05) is 6.42 Å². The Kier molecular flexibility index (Phi) is 2.51. The zero-order chi connectivity index (χ0) is 6.62. The van der Waals surface area contributed by atoms with E-state index in [1.165, 1.54) is 0 Å². The van der Waals surface area contributed by atoms with Crippen LogP contribution in [0.5, 0.6) is 0 Å². The lowest BCUT2D eigenvalue weighted by atomic mass is 10.3. The summed E-state index contributed by atoms with van der Waals surface area (Å²) in [6.07, 6.45) is -4.02. The predicted molar refractivity (Wildman–Crippen MR) is 20.7 cm³/mol. The highest BCUT2D eigenvalue weighted by Crippen LogP contribution is 2.19. The highest BCUT2D eigenvalue weighted by Gasteiger charge is 2.26. The maximum Gasteiger partial charge on any atom is 0.389 e. The summed E-state index contributed by atoms with van der Waals surface area (Å²) in [6, 6.07) is 0. The third-order valence-corrected chi connectivity index (χ3v) is 0.417. The van der Waals surface area contributed by atoms with Gasteiger partial charge in [0.2, 0.25) is 6.29 Å². The van der Waals surface area contributed by atoms with Crippen molar-refractivity contribution < 1.29 is 18.0 Å². The van der Waals surface area contributed by atoms with Crippen LogP contribution in [-0.4, -0.2) is 12.5 Å². The van der Waals surface area contributed by atoms with Crippen molar-refractivity contribution in [1.29, 1.82) is 0 Å². The van der Waals surface area contributed by atoms with Crippen LogP contribution < -0.4 is 0 Å². The summed E-state index contributed by atoms with van der Waals surface area (Å²) in [5, 5.41) is 0. The van der Waals surface area contributed by atoms with Crippen molar-refractivity contribution >= 4 is 6.29 Å². The third-order valence-electron chi connectivity index (χ3n) is 0.417. The Bertz CT molecular complexity index is 75.8. The van der Waals surface area contributed by atoms with E-state index in [9.17, 15) is 18.0 Å². The minimum absolute atomic E-state index is 0.403. The second kappa shape index (κ2) is 2.69. The van der Waals surface area contributed by atoms with Gasteiger partial charge in [0.1, 0.15) is 0 Å².